The van der Waals surface area contributed by atoms with Gasteiger partial charge in [-0.15, -0.1) is 0 Å². The van der Waals surface area contributed by atoms with Gasteiger partial charge in [-0.25, -0.2) is 0 Å². The molecule has 4 heteroatoms. The van der Waals surface area contributed by atoms with Crippen LogP contribution >= 0.6 is 0 Å². The number of carbonyl (C=O) groups is 1. The van der Waals surface area contributed by atoms with Gasteiger partial charge >= 0.3 is 5.97 Å². The van der Waals surface area contributed by atoms with Crippen molar-refractivity contribution in [1.82, 2.24) is 4.90 Å². The lowest BCUT2D eigenvalue weighted by Crippen LogP contribution is -2.28. The van der Waals surface area contributed by atoms with Gasteiger partial charge in [-0.3, -0.25) is 4.79 Å². The molecule has 0 bridgehead atoms. The summed E-state index contributed by atoms with van der Waals surface area (Å²) in [4.78, 5) is 15.1. The first-order chi connectivity index (χ1) is 17.7. The predicted octanol–water partition coefficient (Wildman–Crippen LogP) is 9.19. The Balaban J connectivity index is 3.98. The summed E-state index contributed by atoms with van der Waals surface area (Å²) in [5.74, 6) is 0.0397. The molecule has 216 valence electrons. The number of nitrogens with two attached hydrogens (primary N) is 1. The minimum Gasteiger partial charge on any atom is -0.462 e. The number of ether oxygens (including phenoxy) is 1. The van der Waals surface area contributed by atoms with Crippen molar-refractivity contribution < 1.29 is 9.53 Å². The minimum absolute atomic E-state index is 0.0397. The zero-order chi connectivity index (χ0) is 26.5. The number of carbonyl (C=O) groups excluding carboxylic acids is 1. The number of rotatable bonds is 29. The van der Waals surface area contributed by atoms with Crippen molar-refractivity contribution in [2.75, 3.05) is 26.2 Å². The first-order valence-corrected chi connectivity index (χ1v) is 16.3. The Labute approximate surface area is 226 Å². The molecule has 0 aliphatic rings. The van der Waals surface area contributed by atoms with E-state index in [4.69, 9.17) is 10.5 Å². The number of nitrogens with zero attached hydrogens (tertiary/aromatic N) is 1. The lowest BCUT2D eigenvalue weighted by Gasteiger charge is -2.22. The monoisotopic (exact) mass is 511 g/mol. The number of unbranched alkanes of at least 4 members (excludes halogenated alkanes) is 15. The van der Waals surface area contributed by atoms with Gasteiger partial charge in [-0.1, -0.05) is 111 Å². The highest BCUT2D eigenvalue weighted by Gasteiger charge is 2.14. The van der Waals surface area contributed by atoms with Gasteiger partial charge in [-0.2, -0.15) is 0 Å². The molecular weight excluding hydrogens is 444 g/mol. The molecule has 0 aromatic rings. The Bertz CT molecular complexity index is 432. The fourth-order valence-electron chi connectivity index (χ4n) is 5.01. The predicted molar refractivity (Wildman–Crippen MR) is 159 cm³/mol. The van der Waals surface area contributed by atoms with Gasteiger partial charge in [0, 0.05) is 6.42 Å². The van der Waals surface area contributed by atoms with E-state index < -0.39 is 0 Å². The Morgan fingerprint density at radius 3 is 1.50 bits per heavy atom. The maximum Gasteiger partial charge on any atom is 0.306 e. The van der Waals surface area contributed by atoms with Crippen molar-refractivity contribution in [2.24, 2.45) is 5.73 Å². The second kappa shape index (κ2) is 29.0. The molecule has 0 unspecified atom stereocenters. The van der Waals surface area contributed by atoms with Gasteiger partial charge < -0.3 is 15.4 Å². The molecule has 0 saturated heterocycles. The molecule has 0 aliphatic heterocycles. The van der Waals surface area contributed by atoms with E-state index in [0.717, 1.165) is 45.2 Å². The smallest absolute Gasteiger partial charge is 0.306 e. The molecule has 0 spiro atoms. The molecule has 0 aromatic carbocycles. The van der Waals surface area contributed by atoms with Gasteiger partial charge in [0.15, 0.2) is 0 Å². The number of hydrogen-bond donors (Lipinski definition) is 1. The van der Waals surface area contributed by atoms with Crippen LogP contribution in [0.25, 0.3) is 0 Å². The highest BCUT2D eigenvalue weighted by atomic mass is 16.5. The second-order valence-electron chi connectivity index (χ2n) is 11.1. The van der Waals surface area contributed by atoms with E-state index in [1.165, 1.54) is 122 Å². The largest absolute Gasteiger partial charge is 0.462 e. The molecule has 0 saturated carbocycles. The molecule has 0 fully saturated rings. The normalized spacial score (nSPS) is 11.6. The highest BCUT2D eigenvalue weighted by molar-refractivity contribution is 5.69. The van der Waals surface area contributed by atoms with Crippen LogP contribution in [0.1, 0.15) is 168 Å². The van der Waals surface area contributed by atoms with E-state index in [9.17, 15) is 4.79 Å². The van der Waals surface area contributed by atoms with Crippen molar-refractivity contribution in [2.45, 2.75) is 175 Å². The van der Waals surface area contributed by atoms with Gasteiger partial charge in [-0.05, 0) is 77.5 Å². The molecule has 0 amide bonds. The van der Waals surface area contributed by atoms with Crippen molar-refractivity contribution in [1.29, 1.82) is 0 Å². The lowest BCUT2D eigenvalue weighted by atomic mass is 10.0. The van der Waals surface area contributed by atoms with Crippen LogP contribution in [0.4, 0.5) is 0 Å². The van der Waals surface area contributed by atoms with Gasteiger partial charge in [0.2, 0.25) is 0 Å². The first kappa shape index (κ1) is 35.4. The average molecular weight is 511 g/mol. The fraction of sp³-hybridized carbons (Fsp3) is 0.969. The summed E-state index contributed by atoms with van der Waals surface area (Å²) in [6.07, 6.45) is 28.0. The Morgan fingerprint density at radius 1 is 0.583 bits per heavy atom. The Hall–Kier alpha value is -0.610. The summed E-state index contributed by atoms with van der Waals surface area (Å²) in [6, 6.07) is 0. The third-order valence-corrected chi connectivity index (χ3v) is 7.42. The zero-order valence-corrected chi connectivity index (χ0v) is 25.0. The van der Waals surface area contributed by atoms with E-state index in [2.05, 4.69) is 25.7 Å². The lowest BCUT2D eigenvalue weighted by molar-refractivity contribution is -0.150. The summed E-state index contributed by atoms with van der Waals surface area (Å²) < 4.78 is 5.92. The van der Waals surface area contributed by atoms with E-state index in [-0.39, 0.29) is 12.1 Å². The third-order valence-electron chi connectivity index (χ3n) is 7.42. The SMILES string of the molecule is CCCCCCCCN(CCCN)CCCCCCCC(=O)OC(CCCCCC)CCCCCC. The summed E-state index contributed by atoms with van der Waals surface area (Å²) >= 11 is 0. The summed E-state index contributed by atoms with van der Waals surface area (Å²) in [6.45, 7) is 11.2. The molecule has 36 heavy (non-hydrogen) atoms. The molecule has 2 N–H and O–H groups in total. The average Bonchev–Trinajstić information content (AvgIpc) is 2.88. The van der Waals surface area contributed by atoms with E-state index >= 15 is 0 Å². The topological polar surface area (TPSA) is 55.6 Å². The van der Waals surface area contributed by atoms with Crippen LogP contribution in [0.2, 0.25) is 0 Å². The molecule has 0 heterocycles. The van der Waals surface area contributed by atoms with Crippen LogP contribution in [0.3, 0.4) is 0 Å². The van der Waals surface area contributed by atoms with Gasteiger partial charge in [0.1, 0.15) is 6.10 Å². The maximum atomic E-state index is 12.5. The minimum atomic E-state index is 0.0397. The molecule has 0 aromatic heterocycles. The highest BCUT2D eigenvalue weighted by Crippen LogP contribution is 2.17. The third kappa shape index (κ3) is 25.1. The quantitative estimate of drug-likeness (QED) is 0.0804. The zero-order valence-electron chi connectivity index (χ0n) is 25.0. The summed E-state index contributed by atoms with van der Waals surface area (Å²) in [7, 11) is 0. The molecular formula is C32H66N2O2. The molecule has 0 atom stereocenters. The fourth-order valence-corrected chi connectivity index (χ4v) is 5.01. The van der Waals surface area contributed by atoms with Crippen LogP contribution in [-0.2, 0) is 9.53 Å². The van der Waals surface area contributed by atoms with E-state index in [1.807, 2.05) is 0 Å². The van der Waals surface area contributed by atoms with Crippen LogP contribution in [-0.4, -0.2) is 43.2 Å². The van der Waals surface area contributed by atoms with Crippen LogP contribution < -0.4 is 5.73 Å². The van der Waals surface area contributed by atoms with Gasteiger partial charge in [0.25, 0.3) is 0 Å². The Kier molecular flexibility index (Phi) is 28.5. The van der Waals surface area contributed by atoms with Crippen LogP contribution in [0.15, 0.2) is 0 Å². The van der Waals surface area contributed by atoms with E-state index in [1.54, 1.807) is 0 Å². The van der Waals surface area contributed by atoms with Crippen LogP contribution in [0, 0.1) is 0 Å². The van der Waals surface area contributed by atoms with Crippen molar-refractivity contribution >= 4 is 5.97 Å². The second-order valence-corrected chi connectivity index (χ2v) is 11.1. The molecule has 4 nitrogen and oxygen atoms in total. The summed E-state index contributed by atoms with van der Waals surface area (Å²) in [5.41, 5.74) is 5.76. The van der Waals surface area contributed by atoms with Crippen molar-refractivity contribution in [3.05, 3.63) is 0 Å². The van der Waals surface area contributed by atoms with Crippen molar-refractivity contribution in [3.8, 4) is 0 Å². The molecule has 0 aliphatic carbocycles. The molecule has 0 rings (SSSR count). The Morgan fingerprint density at radius 2 is 1.00 bits per heavy atom. The summed E-state index contributed by atoms with van der Waals surface area (Å²) in [5, 5.41) is 0. The van der Waals surface area contributed by atoms with E-state index in [0.29, 0.717) is 6.42 Å². The van der Waals surface area contributed by atoms with Crippen LogP contribution in [0.5, 0.6) is 0 Å². The number of hydrogen-bond acceptors (Lipinski definition) is 4. The standard InChI is InChI=1S/C32H66N2O2/c1-4-7-10-13-16-21-28-34(30-23-27-33)29-22-17-14-15-20-26-32(35)36-31(24-18-11-8-5-2)25-19-12-9-6-3/h31H,4-30,33H2,1-3H3. The first-order valence-electron chi connectivity index (χ1n) is 16.3. The van der Waals surface area contributed by atoms with Gasteiger partial charge in [0.05, 0.1) is 0 Å². The number of esters is 1. The maximum absolute atomic E-state index is 12.5. The van der Waals surface area contributed by atoms with Crippen molar-refractivity contribution in [3.63, 3.8) is 0 Å². The molecule has 0 radical (unpaired) electrons.